The van der Waals surface area contributed by atoms with Crippen LogP contribution in [0.15, 0.2) is 47.8 Å². The van der Waals surface area contributed by atoms with Crippen LogP contribution in [-0.2, 0) is 16.0 Å². The third-order valence-electron chi connectivity index (χ3n) is 6.84. The topological polar surface area (TPSA) is 45.2 Å². The van der Waals surface area contributed by atoms with Crippen molar-refractivity contribution in [3.05, 3.63) is 53.4 Å². The Kier molecular flexibility index (Phi) is 7.33. The third-order valence-corrected chi connectivity index (χ3v) is 7.72. The molecule has 7 heteroatoms. The molecule has 5 rings (SSSR count). The summed E-state index contributed by atoms with van der Waals surface area (Å²) in [6.07, 6.45) is 3.46. The molecule has 0 aliphatic carbocycles. The van der Waals surface area contributed by atoms with Gasteiger partial charge in [-0.05, 0) is 61.0 Å². The van der Waals surface area contributed by atoms with Crippen LogP contribution in [0.1, 0.15) is 24.8 Å². The molecular weight excluding hydrogens is 446 g/mol. The molecular formula is C27H33N3O3S. The van der Waals surface area contributed by atoms with Gasteiger partial charge in [0.25, 0.3) is 0 Å². The number of hydrogen-bond acceptors (Lipinski definition) is 6. The van der Waals surface area contributed by atoms with Crippen molar-refractivity contribution >= 4 is 38.7 Å². The average Bonchev–Trinajstić information content (AvgIpc) is 3.35. The highest BCUT2D eigenvalue weighted by atomic mass is 32.1. The molecule has 0 spiro atoms. The first kappa shape index (κ1) is 23.1. The maximum absolute atomic E-state index is 12.3. The quantitative estimate of drug-likeness (QED) is 0.414. The maximum Gasteiger partial charge on any atom is 0.229 e. The van der Waals surface area contributed by atoms with Gasteiger partial charge in [-0.25, -0.2) is 0 Å². The first-order valence-corrected chi connectivity index (χ1v) is 13.1. The molecule has 0 unspecified atom stereocenters. The summed E-state index contributed by atoms with van der Waals surface area (Å²) in [5, 5.41) is 3.57. The van der Waals surface area contributed by atoms with Crippen LogP contribution in [0.2, 0.25) is 0 Å². The standard InChI is InChI=1S/C27H33N3O3S/c1-32-20-30-25-19-22(9-7-21(25)8-10-27(30)31)33-17-3-2-12-28-13-15-29(16-14-28)24-5-4-6-26-23(24)11-18-34-26/h4-7,9,11,18-19H,2-3,8,10,12-17,20H2,1H3. The lowest BCUT2D eigenvalue weighted by atomic mass is 10.0. The van der Waals surface area contributed by atoms with E-state index in [1.54, 1.807) is 12.0 Å². The number of thiophene rings is 1. The van der Waals surface area contributed by atoms with E-state index in [0.29, 0.717) is 13.0 Å². The molecule has 34 heavy (non-hydrogen) atoms. The first-order valence-electron chi connectivity index (χ1n) is 12.2. The van der Waals surface area contributed by atoms with E-state index in [4.69, 9.17) is 9.47 Å². The van der Waals surface area contributed by atoms with Gasteiger partial charge in [0, 0.05) is 61.5 Å². The first-order chi connectivity index (χ1) is 16.7. The number of carbonyl (C=O) groups excluding carboxylic acids is 1. The van der Waals surface area contributed by atoms with Crippen molar-refractivity contribution in [2.75, 3.05) is 63.0 Å². The summed E-state index contributed by atoms with van der Waals surface area (Å²) in [6, 6.07) is 15.0. The summed E-state index contributed by atoms with van der Waals surface area (Å²) < 4.78 is 12.6. The van der Waals surface area contributed by atoms with Crippen LogP contribution in [0.4, 0.5) is 11.4 Å². The molecule has 6 nitrogen and oxygen atoms in total. The minimum Gasteiger partial charge on any atom is -0.494 e. The molecule has 1 saturated heterocycles. The Morgan fingerprint density at radius 2 is 1.85 bits per heavy atom. The molecule has 0 radical (unpaired) electrons. The number of hydrogen-bond donors (Lipinski definition) is 0. The Bertz CT molecular complexity index is 1120. The molecule has 2 aromatic carbocycles. The van der Waals surface area contributed by atoms with Crippen LogP contribution >= 0.6 is 11.3 Å². The highest BCUT2D eigenvalue weighted by molar-refractivity contribution is 7.17. The van der Waals surface area contributed by atoms with Gasteiger partial charge in [-0.3, -0.25) is 14.6 Å². The monoisotopic (exact) mass is 479 g/mol. The van der Waals surface area contributed by atoms with Gasteiger partial charge in [0.05, 0.1) is 12.3 Å². The van der Waals surface area contributed by atoms with Crippen molar-refractivity contribution in [3.63, 3.8) is 0 Å². The van der Waals surface area contributed by atoms with E-state index in [1.165, 1.54) is 21.3 Å². The number of methoxy groups -OCH3 is 1. The number of nitrogens with zero attached hydrogens (tertiary/aromatic N) is 3. The summed E-state index contributed by atoms with van der Waals surface area (Å²) in [7, 11) is 1.62. The van der Waals surface area contributed by atoms with E-state index in [0.717, 1.165) is 63.4 Å². The lowest BCUT2D eigenvalue weighted by molar-refractivity contribution is -0.119. The Balaban J connectivity index is 1.05. The fraction of sp³-hybridized carbons (Fsp3) is 0.444. The smallest absolute Gasteiger partial charge is 0.229 e. The van der Waals surface area contributed by atoms with E-state index in [2.05, 4.69) is 45.5 Å². The lowest BCUT2D eigenvalue weighted by Crippen LogP contribution is -2.46. The summed E-state index contributed by atoms with van der Waals surface area (Å²) >= 11 is 1.82. The van der Waals surface area contributed by atoms with Gasteiger partial charge < -0.3 is 14.4 Å². The summed E-state index contributed by atoms with van der Waals surface area (Å²) in [5.41, 5.74) is 3.48. The number of fused-ring (bicyclic) bond motifs is 2. The number of aryl methyl sites for hydroxylation is 1. The minimum atomic E-state index is 0.110. The van der Waals surface area contributed by atoms with Crippen LogP contribution in [0, 0.1) is 0 Å². The van der Waals surface area contributed by atoms with Crippen molar-refractivity contribution in [2.24, 2.45) is 0 Å². The highest BCUT2D eigenvalue weighted by Crippen LogP contribution is 2.32. The van der Waals surface area contributed by atoms with Crippen molar-refractivity contribution < 1.29 is 14.3 Å². The third kappa shape index (κ3) is 5.06. The number of ether oxygens (including phenoxy) is 2. The van der Waals surface area contributed by atoms with Crippen molar-refractivity contribution in [2.45, 2.75) is 25.7 Å². The zero-order valence-corrected chi connectivity index (χ0v) is 20.7. The summed E-state index contributed by atoms with van der Waals surface area (Å²) in [6.45, 7) is 6.46. The fourth-order valence-corrected chi connectivity index (χ4v) is 5.78. The Morgan fingerprint density at radius 3 is 2.71 bits per heavy atom. The zero-order valence-electron chi connectivity index (χ0n) is 19.9. The second-order valence-corrected chi connectivity index (χ2v) is 9.97. The average molecular weight is 480 g/mol. The van der Waals surface area contributed by atoms with Gasteiger partial charge in [-0.2, -0.15) is 0 Å². The number of rotatable bonds is 9. The Morgan fingerprint density at radius 1 is 0.971 bits per heavy atom. The number of carbonyl (C=O) groups is 1. The van der Waals surface area contributed by atoms with Crippen molar-refractivity contribution in [1.82, 2.24) is 4.90 Å². The molecule has 180 valence electrons. The number of anilines is 2. The van der Waals surface area contributed by atoms with E-state index in [-0.39, 0.29) is 12.6 Å². The molecule has 2 aliphatic rings. The Labute approximate surface area is 205 Å². The van der Waals surface area contributed by atoms with E-state index in [9.17, 15) is 4.79 Å². The van der Waals surface area contributed by atoms with Gasteiger partial charge >= 0.3 is 0 Å². The van der Waals surface area contributed by atoms with Gasteiger partial charge in [0.2, 0.25) is 5.91 Å². The highest BCUT2D eigenvalue weighted by Gasteiger charge is 2.24. The van der Waals surface area contributed by atoms with Crippen LogP contribution < -0.4 is 14.5 Å². The summed E-state index contributed by atoms with van der Waals surface area (Å²) in [5.74, 6) is 0.935. The Hall–Kier alpha value is -2.61. The number of piperazine rings is 1. The largest absolute Gasteiger partial charge is 0.494 e. The maximum atomic E-state index is 12.3. The van der Waals surface area contributed by atoms with Gasteiger partial charge in [-0.1, -0.05) is 12.1 Å². The van der Waals surface area contributed by atoms with Gasteiger partial charge in [0.1, 0.15) is 12.5 Å². The molecule has 2 aliphatic heterocycles. The normalized spacial score (nSPS) is 16.8. The second-order valence-electron chi connectivity index (χ2n) is 9.02. The van der Waals surface area contributed by atoms with Crippen molar-refractivity contribution in [1.29, 1.82) is 0 Å². The molecule has 0 bridgehead atoms. The SMILES string of the molecule is COCN1C(=O)CCc2ccc(OCCCCN3CCN(c4cccc5sccc45)CC3)cc21. The number of amides is 1. The number of benzene rings is 2. The molecule has 0 atom stereocenters. The van der Waals surface area contributed by atoms with Gasteiger partial charge in [0.15, 0.2) is 0 Å². The van der Waals surface area contributed by atoms with Gasteiger partial charge in [-0.15, -0.1) is 11.3 Å². The molecule has 3 heterocycles. The van der Waals surface area contributed by atoms with E-state index >= 15 is 0 Å². The fourth-order valence-electron chi connectivity index (χ4n) is 4.97. The van der Waals surface area contributed by atoms with Crippen LogP contribution in [-0.4, -0.2) is 64.0 Å². The zero-order chi connectivity index (χ0) is 23.3. The molecule has 1 aromatic heterocycles. The summed E-state index contributed by atoms with van der Waals surface area (Å²) in [4.78, 5) is 19.1. The van der Waals surface area contributed by atoms with Crippen LogP contribution in [0.3, 0.4) is 0 Å². The predicted octanol–water partition coefficient (Wildman–Crippen LogP) is 4.77. The number of unbranched alkanes of at least 4 members (excludes halogenated alkanes) is 1. The van der Waals surface area contributed by atoms with Crippen LogP contribution in [0.25, 0.3) is 10.1 Å². The second kappa shape index (κ2) is 10.8. The molecule has 3 aromatic rings. The van der Waals surface area contributed by atoms with E-state index < -0.39 is 0 Å². The predicted molar refractivity (Wildman–Crippen MR) is 139 cm³/mol. The molecule has 1 amide bonds. The molecule has 1 fully saturated rings. The van der Waals surface area contributed by atoms with Crippen LogP contribution in [0.5, 0.6) is 5.75 Å². The lowest BCUT2D eigenvalue weighted by Gasteiger charge is -2.36. The molecule has 0 N–H and O–H groups in total. The van der Waals surface area contributed by atoms with E-state index in [1.807, 2.05) is 23.5 Å². The molecule has 0 saturated carbocycles. The van der Waals surface area contributed by atoms with Crippen molar-refractivity contribution in [3.8, 4) is 5.75 Å². The minimum absolute atomic E-state index is 0.110.